The van der Waals surface area contributed by atoms with Crippen LogP contribution in [0.5, 0.6) is 0 Å². The fourth-order valence-corrected chi connectivity index (χ4v) is 2.42. The number of hydrogen-bond acceptors (Lipinski definition) is 3. The summed E-state index contributed by atoms with van der Waals surface area (Å²) < 4.78 is 27.6. The molecule has 0 saturated heterocycles. The summed E-state index contributed by atoms with van der Waals surface area (Å²) in [5.41, 5.74) is 1.00. The second-order valence-corrected chi connectivity index (χ2v) is 5.42. The molecule has 1 aromatic heterocycles. The summed E-state index contributed by atoms with van der Waals surface area (Å²) in [5.74, 6) is -2.83. The Morgan fingerprint density at radius 3 is 2.63 bits per heavy atom. The van der Waals surface area contributed by atoms with Gasteiger partial charge in [-0.2, -0.15) is 8.78 Å². The zero-order valence-electron chi connectivity index (χ0n) is 10.7. The van der Waals surface area contributed by atoms with Crippen molar-refractivity contribution >= 4 is 11.3 Å². The molecule has 0 bridgehead atoms. The maximum atomic E-state index is 13.8. The highest BCUT2D eigenvalue weighted by Gasteiger charge is 2.30. The lowest BCUT2D eigenvalue weighted by atomic mass is 10.1. The van der Waals surface area contributed by atoms with E-state index in [1.807, 2.05) is 12.3 Å². The zero-order chi connectivity index (χ0) is 13.7. The molecule has 102 valence electrons. The molecule has 19 heavy (non-hydrogen) atoms. The normalized spacial score (nSPS) is 11.7. The fourth-order valence-electron chi connectivity index (χ4n) is 1.77. The van der Waals surface area contributed by atoms with E-state index in [1.165, 1.54) is 12.1 Å². The van der Waals surface area contributed by atoms with Crippen molar-refractivity contribution in [3.05, 3.63) is 52.0 Å². The second-order valence-electron chi connectivity index (χ2n) is 4.36. The van der Waals surface area contributed by atoms with Gasteiger partial charge in [0, 0.05) is 23.9 Å². The summed E-state index contributed by atoms with van der Waals surface area (Å²) in [4.78, 5) is 4.29. The molecule has 5 heteroatoms. The summed E-state index contributed by atoms with van der Waals surface area (Å²) in [6, 6.07) is 7.89. The standard InChI is InChI=1S/C14H16F2N2S/c1-11-18-13(9-19-11)7-8-17-10-14(15,16)12-5-3-2-4-6-12/h2-6,9,17H,7-8,10H2,1H3. The molecule has 0 radical (unpaired) electrons. The molecule has 0 aliphatic heterocycles. The van der Waals surface area contributed by atoms with Gasteiger partial charge in [0.1, 0.15) is 0 Å². The SMILES string of the molecule is Cc1nc(CCNCC(F)(F)c2ccccc2)cs1. The average molecular weight is 282 g/mol. The molecule has 0 unspecified atom stereocenters. The quantitative estimate of drug-likeness (QED) is 0.822. The van der Waals surface area contributed by atoms with Crippen molar-refractivity contribution in [3.63, 3.8) is 0 Å². The summed E-state index contributed by atoms with van der Waals surface area (Å²) >= 11 is 1.58. The van der Waals surface area contributed by atoms with Crippen LogP contribution in [0, 0.1) is 6.92 Å². The number of aromatic nitrogens is 1. The van der Waals surface area contributed by atoms with Crippen LogP contribution in [0.4, 0.5) is 8.78 Å². The number of rotatable bonds is 6. The molecule has 1 aromatic carbocycles. The maximum absolute atomic E-state index is 13.8. The summed E-state index contributed by atoms with van der Waals surface area (Å²) in [6.45, 7) is 2.09. The third kappa shape index (κ3) is 4.08. The third-order valence-electron chi connectivity index (χ3n) is 2.77. The lowest BCUT2D eigenvalue weighted by molar-refractivity contribution is -0.00287. The number of nitrogens with zero attached hydrogens (tertiary/aromatic N) is 1. The first-order valence-corrected chi connectivity index (χ1v) is 7.01. The minimum Gasteiger partial charge on any atom is -0.310 e. The van der Waals surface area contributed by atoms with Crippen molar-refractivity contribution in [1.29, 1.82) is 0 Å². The monoisotopic (exact) mass is 282 g/mol. The molecule has 0 aliphatic rings. The molecular weight excluding hydrogens is 266 g/mol. The van der Waals surface area contributed by atoms with Crippen LogP contribution < -0.4 is 5.32 Å². The zero-order valence-corrected chi connectivity index (χ0v) is 11.5. The Morgan fingerprint density at radius 1 is 1.26 bits per heavy atom. The predicted octanol–water partition coefficient (Wildman–Crippen LogP) is 3.38. The van der Waals surface area contributed by atoms with E-state index >= 15 is 0 Å². The van der Waals surface area contributed by atoms with Gasteiger partial charge >= 0.3 is 0 Å². The van der Waals surface area contributed by atoms with Crippen LogP contribution in [0.3, 0.4) is 0 Å². The fraction of sp³-hybridized carbons (Fsp3) is 0.357. The van der Waals surface area contributed by atoms with Gasteiger partial charge in [-0.05, 0) is 6.92 Å². The number of thiazole rings is 1. The van der Waals surface area contributed by atoms with Gasteiger partial charge in [0.25, 0.3) is 5.92 Å². The van der Waals surface area contributed by atoms with Crippen molar-refractivity contribution < 1.29 is 8.78 Å². The van der Waals surface area contributed by atoms with Crippen LogP contribution in [0.1, 0.15) is 16.3 Å². The van der Waals surface area contributed by atoms with E-state index in [-0.39, 0.29) is 12.1 Å². The van der Waals surface area contributed by atoms with Crippen LogP contribution in [0.2, 0.25) is 0 Å². The first-order valence-electron chi connectivity index (χ1n) is 6.13. The molecule has 1 heterocycles. The first kappa shape index (κ1) is 14.1. The molecule has 1 N–H and O–H groups in total. The predicted molar refractivity (Wildman–Crippen MR) is 73.8 cm³/mol. The van der Waals surface area contributed by atoms with Gasteiger partial charge in [0.05, 0.1) is 17.2 Å². The van der Waals surface area contributed by atoms with E-state index in [9.17, 15) is 8.78 Å². The highest BCUT2D eigenvalue weighted by atomic mass is 32.1. The van der Waals surface area contributed by atoms with Crippen molar-refractivity contribution in [2.75, 3.05) is 13.1 Å². The van der Waals surface area contributed by atoms with Crippen molar-refractivity contribution in [2.45, 2.75) is 19.3 Å². The summed E-state index contributed by atoms with van der Waals surface area (Å²) in [7, 11) is 0. The van der Waals surface area contributed by atoms with Gasteiger partial charge in [0.15, 0.2) is 0 Å². The van der Waals surface area contributed by atoms with Gasteiger partial charge < -0.3 is 5.32 Å². The Labute approximate surface area is 115 Å². The van der Waals surface area contributed by atoms with Crippen LogP contribution >= 0.6 is 11.3 Å². The molecule has 2 rings (SSSR count). The molecule has 0 atom stereocenters. The Bertz CT molecular complexity index is 511. The number of alkyl halides is 2. The minimum absolute atomic E-state index is 0.0482. The van der Waals surface area contributed by atoms with Gasteiger partial charge in [0.2, 0.25) is 0 Å². The van der Waals surface area contributed by atoms with Crippen LogP contribution in [-0.2, 0) is 12.3 Å². The smallest absolute Gasteiger partial charge is 0.285 e. The summed E-state index contributed by atoms with van der Waals surface area (Å²) in [6.07, 6.45) is 0.676. The molecule has 2 nitrogen and oxygen atoms in total. The minimum atomic E-state index is -2.83. The third-order valence-corrected chi connectivity index (χ3v) is 3.59. The number of nitrogens with one attached hydrogen (secondary N) is 1. The lowest BCUT2D eigenvalue weighted by Gasteiger charge is -2.17. The van der Waals surface area contributed by atoms with E-state index in [0.717, 1.165) is 10.7 Å². The highest BCUT2D eigenvalue weighted by molar-refractivity contribution is 7.09. The molecular formula is C14H16F2N2S. The Morgan fingerprint density at radius 2 is 2.00 bits per heavy atom. The molecule has 0 aliphatic carbocycles. The average Bonchev–Trinajstić information content (AvgIpc) is 2.82. The van der Waals surface area contributed by atoms with E-state index in [0.29, 0.717) is 13.0 Å². The largest absolute Gasteiger partial charge is 0.310 e. The number of benzene rings is 1. The van der Waals surface area contributed by atoms with Crippen LogP contribution in [-0.4, -0.2) is 18.1 Å². The molecule has 0 saturated carbocycles. The highest BCUT2D eigenvalue weighted by Crippen LogP contribution is 2.26. The second kappa shape index (κ2) is 6.21. The number of aryl methyl sites for hydroxylation is 1. The summed E-state index contributed by atoms with van der Waals surface area (Å²) in [5, 5.41) is 5.77. The molecule has 0 spiro atoms. The Hall–Kier alpha value is -1.33. The van der Waals surface area contributed by atoms with Crippen LogP contribution in [0.25, 0.3) is 0 Å². The Balaban J connectivity index is 1.79. The molecule has 0 fully saturated rings. The van der Waals surface area contributed by atoms with Gasteiger partial charge in [-0.15, -0.1) is 11.3 Å². The number of hydrogen-bond donors (Lipinski definition) is 1. The van der Waals surface area contributed by atoms with Gasteiger partial charge in [-0.1, -0.05) is 30.3 Å². The molecule has 0 amide bonds. The van der Waals surface area contributed by atoms with Gasteiger partial charge in [-0.25, -0.2) is 4.98 Å². The molecule has 2 aromatic rings. The van der Waals surface area contributed by atoms with Crippen molar-refractivity contribution in [2.24, 2.45) is 0 Å². The maximum Gasteiger partial charge on any atom is 0.285 e. The van der Waals surface area contributed by atoms with Crippen LogP contribution in [0.15, 0.2) is 35.7 Å². The topological polar surface area (TPSA) is 24.9 Å². The van der Waals surface area contributed by atoms with Gasteiger partial charge in [-0.3, -0.25) is 0 Å². The van der Waals surface area contributed by atoms with E-state index < -0.39 is 5.92 Å². The Kier molecular flexibility index (Phi) is 4.61. The van der Waals surface area contributed by atoms with E-state index in [1.54, 1.807) is 29.5 Å². The van der Waals surface area contributed by atoms with E-state index in [2.05, 4.69) is 10.3 Å². The van der Waals surface area contributed by atoms with E-state index in [4.69, 9.17) is 0 Å². The van der Waals surface area contributed by atoms with Crippen molar-refractivity contribution in [1.82, 2.24) is 10.3 Å². The first-order chi connectivity index (χ1) is 9.08. The number of halogens is 2. The van der Waals surface area contributed by atoms with Crippen molar-refractivity contribution in [3.8, 4) is 0 Å². The lowest BCUT2D eigenvalue weighted by Crippen LogP contribution is -2.32.